The fourth-order valence-electron chi connectivity index (χ4n) is 1.16. The van der Waals surface area contributed by atoms with Crippen molar-refractivity contribution in [1.29, 1.82) is 0 Å². The van der Waals surface area contributed by atoms with Gasteiger partial charge in [-0.3, -0.25) is 0 Å². The third-order valence-corrected chi connectivity index (χ3v) is 3.00. The van der Waals surface area contributed by atoms with Crippen LogP contribution in [0.4, 0.5) is 0 Å². The fourth-order valence-corrected chi connectivity index (χ4v) is 1.82. The highest BCUT2D eigenvalue weighted by Crippen LogP contribution is 2.09. The van der Waals surface area contributed by atoms with Gasteiger partial charge in [0.2, 0.25) is 5.01 Å². The van der Waals surface area contributed by atoms with Crippen molar-refractivity contribution in [1.82, 2.24) is 10.3 Å². The standard InChI is InChI=1S/C10H16N2O3S/c1-7(3-4-15-2)11-5-8-6-16-9(12-8)10(13)14/h6-7,11H,3-5H2,1-2H3,(H,13,14). The number of nitrogens with zero attached hydrogens (tertiary/aromatic N) is 1. The molecule has 0 spiro atoms. The third-order valence-electron chi connectivity index (χ3n) is 2.12. The number of nitrogens with one attached hydrogen (secondary N) is 1. The molecule has 0 fully saturated rings. The maximum absolute atomic E-state index is 10.6. The summed E-state index contributed by atoms with van der Waals surface area (Å²) in [4.78, 5) is 14.6. The van der Waals surface area contributed by atoms with Gasteiger partial charge in [-0.1, -0.05) is 0 Å². The smallest absolute Gasteiger partial charge is 0.365 e. The molecule has 0 amide bonds. The number of hydrogen-bond donors (Lipinski definition) is 2. The van der Waals surface area contributed by atoms with Crippen LogP contribution < -0.4 is 5.32 Å². The molecule has 0 aliphatic rings. The van der Waals surface area contributed by atoms with E-state index in [4.69, 9.17) is 9.84 Å². The molecule has 1 atom stereocenters. The molecule has 0 bridgehead atoms. The van der Waals surface area contributed by atoms with Gasteiger partial charge in [0, 0.05) is 31.7 Å². The van der Waals surface area contributed by atoms with Crippen LogP contribution in [0.2, 0.25) is 0 Å². The normalized spacial score (nSPS) is 12.6. The van der Waals surface area contributed by atoms with Gasteiger partial charge >= 0.3 is 5.97 Å². The first-order valence-electron chi connectivity index (χ1n) is 5.03. The van der Waals surface area contributed by atoms with Crippen LogP contribution in [-0.2, 0) is 11.3 Å². The quantitative estimate of drug-likeness (QED) is 0.757. The van der Waals surface area contributed by atoms with Gasteiger partial charge in [0.15, 0.2) is 0 Å². The molecule has 1 aromatic heterocycles. The maximum Gasteiger partial charge on any atom is 0.365 e. The summed E-state index contributed by atoms with van der Waals surface area (Å²) in [5, 5.41) is 13.9. The number of methoxy groups -OCH3 is 1. The van der Waals surface area contributed by atoms with E-state index in [1.807, 2.05) is 0 Å². The van der Waals surface area contributed by atoms with E-state index in [9.17, 15) is 4.79 Å². The van der Waals surface area contributed by atoms with E-state index in [1.165, 1.54) is 0 Å². The molecular formula is C10H16N2O3S. The predicted molar refractivity (Wildman–Crippen MR) is 61.9 cm³/mol. The minimum absolute atomic E-state index is 0.140. The second-order valence-corrected chi connectivity index (χ2v) is 4.37. The lowest BCUT2D eigenvalue weighted by Gasteiger charge is -2.11. The van der Waals surface area contributed by atoms with Crippen LogP contribution >= 0.6 is 11.3 Å². The molecule has 1 heterocycles. The number of rotatable bonds is 7. The van der Waals surface area contributed by atoms with E-state index in [1.54, 1.807) is 12.5 Å². The topological polar surface area (TPSA) is 71.5 Å². The first-order valence-corrected chi connectivity index (χ1v) is 5.91. The molecule has 0 radical (unpaired) electrons. The summed E-state index contributed by atoms with van der Waals surface area (Å²) >= 11 is 1.15. The van der Waals surface area contributed by atoms with E-state index in [-0.39, 0.29) is 5.01 Å². The minimum atomic E-state index is -0.969. The first kappa shape index (κ1) is 13.1. The number of hydrogen-bond acceptors (Lipinski definition) is 5. The van der Waals surface area contributed by atoms with Gasteiger partial charge in [-0.25, -0.2) is 9.78 Å². The molecule has 0 aliphatic carbocycles. The van der Waals surface area contributed by atoms with Crippen LogP contribution in [-0.4, -0.2) is 35.8 Å². The molecule has 1 aromatic rings. The molecule has 90 valence electrons. The SMILES string of the molecule is COCCC(C)NCc1csc(C(=O)O)n1. The number of carboxylic acids is 1. The lowest BCUT2D eigenvalue weighted by Crippen LogP contribution is -2.26. The van der Waals surface area contributed by atoms with Gasteiger partial charge in [-0.05, 0) is 13.3 Å². The summed E-state index contributed by atoms with van der Waals surface area (Å²) in [6.07, 6.45) is 0.923. The Labute approximate surface area is 98.5 Å². The number of aromatic carboxylic acids is 1. The molecule has 0 aliphatic heterocycles. The Morgan fingerprint density at radius 3 is 3.06 bits per heavy atom. The van der Waals surface area contributed by atoms with Crippen molar-refractivity contribution in [2.75, 3.05) is 13.7 Å². The Hall–Kier alpha value is -0.980. The largest absolute Gasteiger partial charge is 0.476 e. The van der Waals surface area contributed by atoms with Crippen LogP contribution in [0.1, 0.15) is 28.8 Å². The second-order valence-electron chi connectivity index (χ2n) is 3.51. The summed E-state index contributed by atoms with van der Waals surface area (Å²) in [6, 6.07) is 0.329. The second kappa shape index (κ2) is 6.57. The molecule has 0 saturated heterocycles. The van der Waals surface area contributed by atoms with Crippen molar-refractivity contribution in [3.05, 3.63) is 16.1 Å². The fraction of sp³-hybridized carbons (Fsp3) is 0.600. The zero-order chi connectivity index (χ0) is 12.0. The molecule has 2 N–H and O–H groups in total. The molecule has 5 nitrogen and oxygen atoms in total. The Bertz CT molecular complexity index is 341. The molecule has 1 rings (SSSR count). The third kappa shape index (κ3) is 4.26. The molecule has 1 unspecified atom stereocenters. The van der Waals surface area contributed by atoms with Crippen molar-refractivity contribution in [3.63, 3.8) is 0 Å². The van der Waals surface area contributed by atoms with Crippen molar-refractivity contribution in [2.24, 2.45) is 0 Å². The lowest BCUT2D eigenvalue weighted by molar-refractivity contribution is 0.0696. The zero-order valence-electron chi connectivity index (χ0n) is 9.40. The first-order chi connectivity index (χ1) is 7.63. The Morgan fingerprint density at radius 2 is 2.50 bits per heavy atom. The molecular weight excluding hydrogens is 228 g/mol. The highest BCUT2D eigenvalue weighted by atomic mass is 32.1. The number of ether oxygens (including phenoxy) is 1. The number of carboxylic acid groups (broad SMARTS) is 1. The maximum atomic E-state index is 10.6. The average Bonchev–Trinajstić information content (AvgIpc) is 2.72. The van der Waals surface area contributed by atoms with E-state index in [0.717, 1.165) is 23.5 Å². The predicted octanol–water partition coefficient (Wildman–Crippen LogP) is 1.36. The Morgan fingerprint density at radius 1 is 1.75 bits per heavy atom. The van der Waals surface area contributed by atoms with Gasteiger partial charge in [-0.2, -0.15) is 0 Å². The molecule has 0 saturated carbocycles. The highest BCUT2D eigenvalue weighted by molar-refractivity contribution is 7.11. The van der Waals surface area contributed by atoms with Crippen LogP contribution in [0.3, 0.4) is 0 Å². The Balaban J connectivity index is 2.33. The van der Waals surface area contributed by atoms with Crippen molar-refractivity contribution < 1.29 is 14.6 Å². The van der Waals surface area contributed by atoms with E-state index in [0.29, 0.717) is 19.2 Å². The summed E-state index contributed by atoms with van der Waals surface area (Å²) < 4.78 is 4.97. The highest BCUT2D eigenvalue weighted by Gasteiger charge is 2.09. The number of thiazole rings is 1. The van der Waals surface area contributed by atoms with Crippen molar-refractivity contribution >= 4 is 17.3 Å². The van der Waals surface area contributed by atoms with E-state index >= 15 is 0 Å². The van der Waals surface area contributed by atoms with Crippen LogP contribution in [0.5, 0.6) is 0 Å². The summed E-state index contributed by atoms with van der Waals surface area (Å²) in [7, 11) is 1.67. The van der Waals surface area contributed by atoms with E-state index in [2.05, 4.69) is 17.2 Å². The molecule has 6 heteroatoms. The summed E-state index contributed by atoms with van der Waals surface area (Å²) in [5.74, 6) is -0.969. The lowest BCUT2D eigenvalue weighted by atomic mass is 10.2. The molecule has 16 heavy (non-hydrogen) atoms. The van der Waals surface area contributed by atoms with Crippen molar-refractivity contribution in [3.8, 4) is 0 Å². The Kier molecular flexibility index (Phi) is 5.37. The average molecular weight is 244 g/mol. The van der Waals surface area contributed by atoms with Crippen molar-refractivity contribution in [2.45, 2.75) is 25.9 Å². The van der Waals surface area contributed by atoms with Gasteiger partial charge in [0.1, 0.15) is 0 Å². The number of aromatic nitrogens is 1. The van der Waals surface area contributed by atoms with Crippen LogP contribution in [0, 0.1) is 0 Å². The minimum Gasteiger partial charge on any atom is -0.476 e. The molecule has 0 aromatic carbocycles. The van der Waals surface area contributed by atoms with Gasteiger partial charge in [0.25, 0.3) is 0 Å². The van der Waals surface area contributed by atoms with Gasteiger partial charge in [-0.15, -0.1) is 11.3 Å². The van der Waals surface area contributed by atoms with Crippen LogP contribution in [0.25, 0.3) is 0 Å². The van der Waals surface area contributed by atoms with Gasteiger partial charge < -0.3 is 15.2 Å². The summed E-state index contributed by atoms with van der Waals surface area (Å²) in [6.45, 7) is 3.36. The summed E-state index contributed by atoms with van der Waals surface area (Å²) in [5.41, 5.74) is 0.770. The zero-order valence-corrected chi connectivity index (χ0v) is 10.2. The number of carbonyl (C=O) groups is 1. The van der Waals surface area contributed by atoms with Gasteiger partial charge in [0.05, 0.1) is 5.69 Å². The van der Waals surface area contributed by atoms with Crippen LogP contribution in [0.15, 0.2) is 5.38 Å². The van der Waals surface area contributed by atoms with E-state index < -0.39 is 5.97 Å². The monoisotopic (exact) mass is 244 g/mol.